The van der Waals surface area contributed by atoms with Crippen LogP contribution in [0.15, 0.2) is 60.9 Å². The van der Waals surface area contributed by atoms with Crippen LogP contribution in [0.2, 0.25) is 0 Å². The number of unbranched alkanes of at least 4 members (excludes halogenated alkanes) is 16. The molecule has 9 heteroatoms. The number of carbonyl (C=O) groups excluding carboxylic acids is 1. The molecule has 0 aliphatic heterocycles. The van der Waals surface area contributed by atoms with Crippen molar-refractivity contribution in [3.05, 3.63) is 60.9 Å². The molecule has 0 saturated heterocycles. The third-order valence-electron chi connectivity index (χ3n) is 8.01. The fourth-order valence-corrected chi connectivity index (χ4v) is 5.89. The Bertz CT molecular complexity index is 947. The van der Waals surface area contributed by atoms with Gasteiger partial charge in [-0.25, -0.2) is 4.57 Å². The van der Waals surface area contributed by atoms with E-state index in [1.807, 2.05) is 6.08 Å². The van der Waals surface area contributed by atoms with Gasteiger partial charge in [0.2, 0.25) is 0 Å². The van der Waals surface area contributed by atoms with Crippen molar-refractivity contribution in [3.8, 4) is 0 Å². The third-order valence-corrected chi connectivity index (χ3v) is 9.00. The summed E-state index contributed by atoms with van der Waals surface area (Å²) in [5.74, 6) is -0.378. The lowest BCUT2D eigenvalue weighted by molar-refractivity contribution is -0.153. The van der Waals surface area contributed by atoms with Crippen molar-refractivity contribution in [2.24, 2.45) is 5.73 Å². The normalized spacial score (nSPS) is 14.2. The lowest BCUT2D eigenvalue weighted by atomic mass is 10.0. The molecule has 0 fully saturated rings. The van der Waals surface area contributed by atoms with Gasteiger partial charge >= 0.3 is 13.8 Å². The van der Waals surface area contributed by atoms with E-state index in [-0.39, 0.29) is 38.8 Å². The van der Waals surface area contributed by atoms with Crippen molar-refractivity contribution in [1.29, 1.82) is 0 Å². The Morgan fingerprint density at radius 3 is 1.70 bits per heavy atom. The van der Waals surface area contributed by atoms with Gasteiger partial charge < -0.3 is 20.1 Å². The SMILES string of the molecule is CCC=CCC=CCC=CCC=CCCCCCCC(=O)O[C@H](COC=CCCCCCCCCCCCCCC)COP(=O)(O)OCCN. The molecule has 50 heavy (non-hydrogen) atoms. The molecular weight excluding hydrogens is 649 g/mol. The molecule has 290 valence electrons. The number of ether oxygens (including phenoxy) is 2. The number of carbonyl (C=O) groups is 1. The monoisotopic (exact) mass is 724 g/mol. The zero-order chi connectivity index (χ0) is 36.6. The summed E-state index contributed by atoms with van der Waals surface area (Å²) in [6.07, 6.45) is 46.1. The highest BCUT2D eigenvalue weighted by molar-refractivity contribution is 7.47. The first-order valence-corrected chi connectivity index (χ1v) is 21.3. The number of rotatable bonds is 37. The number of esters is 1. The van der Waals surface area contributed by atoms with Gasteiger partial charge in [0.25, 0.3) is 0 Å². The molecule has 0 heterocycles. The topological polar surface area (TPSA) is 117 Å². The van der Waals surface area contributed by atoms with E-state index in [1.54, 1.807) is 6.26 Å². The summed E-state index contributed by atoms with van der Waals surface area (Å²) >= 11 is 0. The summed E-state index contributed by atoms with van der Waals surface area (Å²) < 4.78 is 33.1. The van der Waals surface area contributed by atoms with Crippen LogP contribution in [0.25, 0.3) is 0 Å². The first-order chi connectivity index (χ1) is 24.4. The Morgan fingerprint density at radius 1 is 0.640 bits per heavy atom. The van der Waals surface area contributed by atoms with Gasteiger partial charge in [0.05, 0.1) is 19.5 Å². The van der Waals surface area contributed by atoms with E-state index in [0.29, 0.717) is 0 Å². The van der Waals surface area contributed by atoms with Crippen molar-refractivity contribution < 1.29 is 32.8 Å². The first-order valence-electron chi connectivity index (χ1n) is 19.8. The van der Waals surface area contributed by atoms with Gasteiger partial charge in [-0.2, -0.15) is 0 Å². The Morgan fingerprint density at radius 2 is 1.14 bits per heavy atom. The smallest absolute Gasteiger partial charge is 0.472 e. The van der Waals surface area contributed by atoms with Gasteiger partial charge in [0.15, 0.2) is 6.10 Å². The fourth-order valence-electron chi connectivity index (χ4n) is 5.13. The maximum atomic E-state index is 12.5. The molecule has 0 radical (unpaired) electrons. The van der Waals surface area contributed by atoms with Crippen molar-refractivity contribution in [3.63, 3.8) is 0 Å². The van der Waals surface area contributed by atoms with Gasteiger partial charge in [-0.05, 0) is 63.9 Å². The standard InChI is InChI=1S/C41H74NO7P/c1-3-5-7-9-11-13-15-17-19-20-21-22-24-26-28-30-32-34-41(43)49-40(39-48-50(44,45)47-37-35-42)38-46-36-33-31-29-27-25-23-18-16-14-12-10-8-6-4-2/h5,7,11,13,17,19,21-22,33,36,40H,3-4,6,8-10,12,14-16,18,20,23-32,34-35,37-39,42H2,1-2H3,(H,44,45)/t40-/m1/s1. The minimum absolute atomic E-state index is 0.0203. The molecule has 0 aliphatic carbocycles. The Hall–Kier alpha value is -1.96. The number of nitrogens with two attached hydrogens (primary N) is 1. The second kappa shape index (κ2) is 38.3. The second-order valence-electron chi connectivity index (χ2n) is 12.8. The van der Waals surface area contributed by atoms with Crippen LogP contribution in [-0.4, -0.2) is 43.3 Å². The van der Waals surface area contributed by atoms with E-state index >= 15 is 0 Å². The van der Waals surface area contributed by atoms with E-state index in [0.717, 1.165) is 70.6 Å². The molecule has 2 atom stereocenters. The molecule has 0 aliphatic rings. The zero-order valence-corrected chi connectivity index (χ0v) is 32.8. The molecule has 0 spiro atoms. The largest absolute Gasteiger partial charge is 0.498 e. The number of phosphoric acid groups is 1. The maximum Gasteiger partial charge on any atom is 0.472 e. The van der Waals surface area contributed by atoms with E-state index in [1.165, 1.54) is 70.6 Å². The number of phosphoric ester groups is 1. The van der Waals surface area contributed by atoms with Crippen LogP contribution in [-0.2, 0) is 27.9 Å². The van der Waals surface area contributed by atoms with Crippen LogP contribution >= 0.6 is 7.82 Å². The molecule has 8 nitrogen and oxygen atoms in total. The molecule has 0 aromatic heterocycles. The zero-order valence-electron chi connectivity index (χ0n) is 31.9. The summed E-state index contributed by atoms with van der Waals surface area (Å²) in [5.41, 5.74) is 5.35. The first kappa shape index (κ1) is 48.0. The molecule has 0 saturated carbocycles. The maximum absolute atomic E-state index is 12.5. The van der Waals surface area contributed by atoms with Crippen LogP contribution in [0.1, 0.15) is 162 Å². The lowest BCUT2D eigenvalue weighted by Crippen LogP contribution is -2.27. The van der Waals surface area contributed by atoms with Crippen LogP contribution < -0.4 is 5.73 Å². The van der Waals surface area contributed by atoms with Gasteiger partial charge in [0.1, 0.15) is 6.61 Å². The molecule has 0 bridgehead atoms. The third kappa shape index (κ3) is 37.3. The number of allylic oxidation sites excluding steroid dienone is 9. The van der Waals surface area contributed by atoms with Gasteiger partial charge in [0, 0.05) is 13.0 Å². The van der Waals surface area contributed by atoms with Crippen LogP contribution in [0.3, 0.4) is 0 Å². The fraction of sp³-hybridized carbons (Fsp3) is 0.732. The molecule has 1 unspecified atom stereocenters. The summed E-state index contributed by atoms with van der Waals surface area (Å²) in [7, 11) is -4.30. The number of hydrogen-bond donors (Lipinski definition) is 2. The Kier molecular flexibility index (Phi) is 36.8. The quantitative estimate of drug-likeness (QED) is 0.0214. The molecular formula is C41H74NO7P. The highest BCUT2D eigenvalue weighted by Gasteiger charge is 2.25. The summed E-state index contributed by atoms with van der Waals surface area (Å²) in [6.45, 7) is 4.08. The van der Waals surface area contributed by atoms with Crippen LogP contribution in [0.5, 0.6) is 0 Å². The van der Waals surface area contributed by atoms with Gasteiger partial charge in [-0.1, -0.05) is 146 Å². The van der Waals surface area contributed by atoms with E-state index < -0.39 is 13.9 Å². The molecule has 3 N–H and O–H groups in total. The summed E-state index contributed by atoms with van der Waals surface area (Å²) in [6, 6.07) is 0. The molecule has 0 aromatic rings. The summed E-state index contributed by atoms with van der Waals surface area (Å²) in [5, 5.41) is 0. The second-order valence-corrected chi connectivity index (χ2v) is 14.3. The predicted molar refractivity (Wildman–Crippen MR) is 210 cm³/mol. The highest BCUT2D eigenvalue weighted by Crippen LogP contribution is 2.43. The van der Waals surface area contributed by atoms with Crippen LogP contribution in [0.4, 0.5) is 0 Å². The molecule has 0 aromatic carbocycles. The predicted octanol–water partition coefficient (Wildman–Crippen LogP) is 11.8. The van der Waals surface area contributed by atoms with E-state index in [9.17, 15) is 14.3 Å². The average molecular weight is 724 g/mol. The average Bonchev–Trinajstić information content (AvgIpc) is 3.10. The van der Waals surface area contributed by atoms with Crippen molar-refractivity contribution >= 4 is 13.8 Å². The Labute approximate surface area is 306 Å². The Balaban J connectivity index is 4.19. The van der Waals surface area contributed by atoms with Gasteiger partial charge in [-0.3, -0.25) is 13.8 Å². The minimum atomic E-state index is -4.30. The molecule has 0 amide bonds. The van der Waals surface area contributed by atoms with Crippen molar-refractivity contribution in [2.45, 2.75) is 168 Å². The highest BCUT2D eigenvalue weighted by atomic mass is 31.2. The molecule has 0 rings (SSSR count). The van der Waals surface area contributed by atoms with Crippen molar-refractivity contribution in [2.75, 3.05) is 26.4 Å². The van der Waals surface area contributed by atoms with E-state index in [4.69, 9.17) is 24.3 Å². The van der Waals surface area contributed by atoms with E-state index in [2.05, 4.69) is 62.5 Å². The minimum Gasteiger partial charge on any atom is -0.498 e. The lowest BCUT2D eigenvalue weighted by Gasteiger charge is -2.19. The number of hydrogen-bond acceptors (Lipinski definition) is 7. The van der Waals surface area contributed by atoms with Gasteiger partial charge in [-0.15, -0.1) is 0 Å². The van der Waals surface area contributed by atoms with Crippen LogP contribution in [0, 0.1) is 0 Å². The van der Waals surface area contributed by atoms with Crippen molar-refractivity contribution in [1.82, 2.24) is 0 Å². The summed E-state index contributed by atoms with van der Waals surface area (Å²) in [4.78, 5) is 22.4.